The van der Waals surface area contributed by atoms with Crippen molar-refractivity contribution in [3.05, 3.63) is 52.6 Å². The topological polar surface area (TPSA) is 52.0 Å². The second-order valence-corrected chi connectivity index (χ2v) is 3.99. The summed E-state index contributed by atoms with van der Waals surface area (Å²) >= 11 is 0. The van der Waals surface area contributed by atoms with Gasteiger partial charge in [-0.15, -0.1) is 0 Å². The van der Waals surface area contributed by atoms with Gasteiger partial charge in [0, 0.05) is 17.3 Å². The minimum absolute atomic E-state index is 0.326. The van der Waals surface area contributed by atoms with Crippen LogP contribution < -0.4 is 21.9 Å². The second-order valence-electron chi connectivity index (χ2n) is 3.99. The quantitative estimate of drug-likeness (QED) is 0.584. The minimum Gasteiger partial charge on any atom is -0.399 e. The number of benzene rings is 1. The zero-order valence-electron chi connectivity index (χ0n) is 8.27. The zero-order chi connectivity index (χ0) is 10.4. The van der Waals surface area contributed by atoms with E-state index in [1.54, 1.807) is 0 Å². The highest BCUT2D eigenvalue weighted by Crippen LogP contribution is 2.23. The molecule has 0 radical (unpaired) electrons. The lowest BCUT2D eigenvalue weighted by atomic mass is 9.95. The number of nitrogens with two attached hydrogens (primary N) is 2. The van der Waals surface area contributed by atoms with Crippen molar-refractivity contribution in [2.45, 2.75) is 0 Å². The Hall–Kier alpha value is -1.96. The van der Waals surface area contributed by atoms with E-state index in [0.29, 0.717) is 5.92 Å². The van der Waals surface area contributed by atoms with E-state index in [-0.39, 0.29) is 0 Å². The van der Waals surface area contributed by atoms with Crippen LogP contribution in [0.5, 0.6) is 0 Å². The molecule has 2 aliphatic rings. The van der Waals surface area contributed by atoms with Crippen LogP contribution in [0.25, 0.3) is 11.6 Å². The Morgan fingerprint density at radius 3 is 2.73 bits per heavy atom. The van der Waals surface area contributed by atoms with Gasteiger partial charge in [0.2, 0.25) is 0 Å². The maximum absolute atomic E-state index is 5.77. The van der Waals surface area contributed by atoms with E-state index in [1.165, 1.54) is 16.0 Å². The smallest absolute Gasteiger partial charge is 0.0320 e. The summed E-state index contributed by atoms with van der Waals surface area (Å²) in [5.41, 5.74) is 14.5. The van der Waals surface area contributed by atoms with Gasteiger partial charge in [-0.1, -0.05) is 24.3 Å². The normalized spacial score (nSPS) is 21.7. The molecular formula is C13H12N2. The molecule has 3 rings (SSSR count). The Bertz CT molecular complexity index is 606. The van der Waals surface area contributed by atoms with Crippen LogP contribution >= 0.6 is 0 Å². The summed E-state index contributed by atoms with van der Waals surface area (Å²) in [4.78, 5) is 0. The zero-order valence-corrected chi connectivity index (χ0v) is 8.27. The molecule has 2 heteroatoms. The third kappa shape index (κ3) is 1.18. The van der Waals surface area contributed by atoms with Crippen molar-refractivity contribution in [1.82, 2.24) is 0 Å². The Balaban J connectivity index is 2.34. The first kappa shape index (κ1) is 8.36. The predicted octanol–water partition coefficient (Wildman–Crippen LogP) is 0.242. The molecule has 4 N–H and O–H groups in total. The molecule has 1 aromatic rings. The minimum atomic E-state index is 0.326. The average molecular weight is 196 g/mol. The lowest BCUT2D eigenvalue weighted by Gasteiger charge is -2.11. The van der Waals surface area contributed by atoms with Gasteiger partial charge in [0.15, 0.2) is 0 Å². The number of hydrogen-bond acceptors (Lipinski definition) is 2. The summed E-state index contributed by atoms with van der Waals surface area (Å²) in [5, 5.41) is 2.49. The molecule has 0 saturated carbocycles. The first-order chi connectivity index (χ1) is 7.24. The molecule has 74 valence electrons. The van der Waals surface area contributed by atoms with Crippen molar-refractivity contribution in [3.63, 3.8) is 0 Å². The Morgan fingerprint density at radius 2 is 1.87 bits per heavy atom. The summed E-state index contributed by atoms with van der Waals surface area (Å²) in [7, 11) is 0. The van der Waals surface area contributed by atoms with Crippen molar-refractivity contribution in [2.75, 3.05) is 5.73 Å². The molecule has 0 bridgehead atoms. The fourth-order valence-corrected chi connectivity index (χ4v) is 2.23. The molecule has 2 nitrogen and oxygen atoms in total. The first-order valence-corrected chi connectivity index (χ1v) is 5.01. The molecule has 0 unspecified atom stereocenters. The molecule has 0 spiro atoms. The molecule has 1 atom stereocenters. The first-order valence-electron chi connectivity index (χ1n) is 5.01. The van der Waals surface area contributed by atoms with Gasteiger partial charge in [0.05, 0.1) is 0 Å². The number of nitrogen functional groups attached to an aromatic ring is 1. The molecule has 0 amide bonds. The monoisotopic (exact) mass is 196 g/mol. The van der Waals surface area contributed by atoms with Crippen LogP contribution in [0.2, 0.25) is 0 Å². The van der Waals surface area contributed by atoms with Crippen molar-refractivity contribution >= 4 is 17.3 Å². The molecule has 2 aliphatic carbocycles. The number of hydrogen-bond donors (Lipinski definition) is 2. The molecule has 0 saturated heterocycles. The third-order valence-electron chi connectivity index (χ3n) is 2.93. The summed E-state index contributed by atoms with van der Waals surface area (Å²) in [5.74, 6) is 0.326. The molecule has 1 aromatic carbocycles. The van der Waals surface area contributed by atoms with Gasteiger partial charge in [0.1, 0.15) is 0 Å². The summed E-state index contributed by atoms with van der Waals surface area (Å²) in [6.45, 7) is 0. The van der Waals surface area contributed by atoms with Gasteiger partial charge in [-0.25, -0.2) is 0 Å². The lowest BCUT2D eigenvalue weighted by Crippen LogP contribution is -2.22. The molecule has 0 heterocycles. The van der Waals surface area contributed by atoms with Gasteiger partial charge in [-0.3, -0.25) is 0 Å². The van der Waals surface area contributed by atoms with Crippen LogP contribution in [0.4, 0.5) is 5.69 Å². The van der Waals surface area contributed by atoms with Gasteiger partial charge < -0.3 is 11.5 Å². The Labute approximate surface area is 87.9 Å². The highest BCUT2D eigenvalue weighted by atomic mass is 14.6. The lowest BCUT2D eigenvalue weighted by molar-refractivity contribution is 1.13. The number of allylic oxidation sites excluding steroid dienone is 3. The van der Waals surface area contributed by atoms with E-state index >= 15 is 0 Å². The number of fused-ring (bicyclic) bond motifs is 2. The van der Waals surface area contributed by atoms with Gasteiger partial charge in [0.25, 0.3) is 0 Å². The van der Waals surface area contributed by atoms with E-state index in [0.717, 1.165) is 11.4 Å². The van der Waals surface area contributed by atoms with Gasteiger partial charge in [-0.05, 0) is 34.2 Å². The average Bonchev–Trinajstić information content (AvgIpc) is 2.53. The summed E-state index contributed by atoms with van der Waals surface area (Å²) in [6, 6.07) is 6.03. The maximum Gasteiger partial charge on any atom is 0.0320 e. The molecular weight excluding hydrogens is 184 g/mol. The predicted molar refractivity (Wildman–Crippen MR) is 62.9 cm³/mol. The van der Waals surface area contributed by atoms with Crippen molar-refractivity contribution in [2.24, 2.45) is 11.7 Å². The third-order valence-corrected chi connectivity index (χ3v) is 2.93. The summed E-state index contributed by atoms with van der Waals surface area (Å²) in [6.07, 6.45) is 8.33. The van der Waals surface area contributed by atoms with Crippen molar-refractivity contribution in [1.29, 1.82) is 0 Å². The van der Waals surface area contributed by atoms with Crippen LogP contribution in [0.15, 0.2) is 42.1 Å². The van der Waals surface area contributed by atoms with Crippen LogP contribution in [0, 0.1) is 5.92 Å². The standard InChI is InChI=1S/C13H12N2/c14-10-1-3-12-8(6-10)5-9-7-11(15)2-4-13(9)12/h1-8H,14-15H2/t8-/m1/s1. The van der Waals surface area contributed by atoms with Crippen molar-refractivity contribution < 1.29 is 0 Å². The van der Waals surface area contributed by atoms with Crippen LogP contribution in [-0.4, -0.2) is 0 Å². The summed E-state index contributed by atoms with van der Waals surface area (Å²) < 4.78 is 0. The largest absolute Gasteiger partial charge is 0.399 e. The fraction of sp³-hybridized carbons (Fsp3) is 0.0769. The van der Waals surface area contributed by atoms with E-state index < -0.39 is 0 Å². The molecule has 0 fully saturated rings. The van der Waals surface area contributed by atoms with Gasteiger partial charge >= 0.3 is 0 Å². The number of rotatable bonds is 0. The molecule has 0 aliphatic heterocycles. The van der Waals surface area contributed by atoms with Gasteiger partial charge in [-0.2, -0.15) is 0 Å². The van der Waals surface area contributed by atoms with Crippen molar-refractivity contribution in [3.8, 4) is 0 Å². The Kier molecular flexibility index (Phi) is 1.54. The van der Waals surface area contributed by atoms with E-state index in [1.807, 2.05) is 18.2 Å². The van der Waals surface area contributed by atoms with Crippen LogP contribution in [0.3, 0.4) is 0 Å². The second kappa shape index (κ2) is 2.76. The highest BCUT2D eigenvalue weighted by Gasteiger charge is 2.16. The maximum atomic E-state index is 5.77. The van der Waals surface area contributed by atoms with E-state index in [2.05, 4.69) is 24.3 Å². The fourth-order valence-electron chi connectivity index (χ4n) is 2.23. The van der Waals surface area contributed by atoms with Crippen LogP contribution in [-0.2, 0) is 0 Å². The molecule has 0 aromatic heterocycles. The number of anilines is 1. The van der Waals surface area contributed by atoms with E-state index in [4.69, 9.17) is 11.5 Å². The van der Waals surface area contributed by atoms with E-state index in [9.17, 15) is 0 Å². The van der Waals surface area contributed by atoms with Crippen LogP contribution in [0.1, 0.15) is 0 Å². The highest BCUT2D eigenvalue weighted by molar-refractivity contribution is 5.75. The Morgan fingerprint density at radius 1 is 1.00 bits per heavy atom. The SMILES string of the molecule is NC1=C[C@H]2C=c3cc(N)ccc3=C2C=C1. The molecule has 15 heavy (non-hydrogen) atoms.